The zero-order valence-corrected chi connectivity index (χ0v) is 20.8. The minimum absolute atomic E-state index is 0.175. The third-order valence-corrected chi connectivity index (χ3v) is 6.62. The van der Waals surface area contributed by atoms with Crippen LogP contribution in [0.4, 0.5) is 4.39 Å². The third kappa shape index (κ3) is 8.29. The van der Waals surface area contributed by atoms with E-state index in [-0.39, 0.29) is 11.7 Å². The summed E-state index contributed by atoms with van der Waals surface area (Å²) in [6, 6.07) is 12.7. The first kappa shape index (κ1) is 26.6. The lowest BCUT2D eigenvalue weighted by Crippen LogP contribution is -2.39. The van der Waals surface area contributed by atoms with Crippen molar-refractivity contribution in [3.63, 3.8) is 0 Å². The predicted molar refractivity (Wildman–Crippen MR) is 133 cm³/mol. The molecule has 1 fully saturated rings. The first-order valence-corrected chi connectivity index (χ1v) is 12.2. The molecule has 0 bridgehead atoms. The predicted octanol–water partition coefficient (Wildman–Crippen LogP) is 4.21. The van der Waals surface area contributed by atoms with E-state index in [1.165, 1.54) is 17.7 Å². The van der Waals surface area contributed by atoms with Gasteiger partial charge in [0.1, 0.15) is 5.82 Å². The van der Waals surface area contributed by atoms with Crippen LogP contribution in [0.25, 0.3) is 0 Å². The minimum Gasteiger partial charge on any atom is -0.478 e. The van der Waals surface area contributed by atoms with Crippen LogP contribution in [0.3, 0.4) is 0 Å². The molecule has 0 aromatic heterocycles. The fraction of sp³-hybridized carbons (Fsp3) is 0.346. The number of carbonyl (C=O) groups excluding carboxylic acids is 1. The number of halogens is 2. The maximum atomic E-state index is 13.0. The van der Waals surface area contributed by atoms with Crippen LogP contribution in [0, 0.1) is 11.7 Å². The normalized spacial score (nSPS) is 16.2. The van der Waals surface area contributed by atoms with Gasteiger partial charge in [0.25, 0.3) is 5.91 Å². The Hall–Kier alpha value is -3.04. The molecule has 4 rings (SSSR count). The van der Waals surface area contributed by atoms with Gasteiger partial charge in [-0.3, -0.25) is 4.79 Å². The molecule has 2 aromatic rings. The first-order valence-electron chi connectivity index (χ1n) is 11.4. The zero-order valence-electron chi connectivity index (χ0n) is 19.2. The third-order valence-electron chi connectivity index (χ3n) is 6.13. The van der Waals surface area contributed by atoms with Gasteiger partial charge in [-0.1, -0.05) is 28.1 Å². The quantitative estimate of drug-likeness (QED) is 0.505. The molecule has 2 aromatic carbocycles. The average Bonchev–Trinajstić information content (AvgIpc) is 3.13. The van der Waals surface area contributed by atoms with E-state index >= 15 is 0 Å². The number of benzene rings is 2. The van der Waals surface area contributed by atoms with Gasteiger partial charge in [-0.15, -0.1) is 0 Å². The number of likely N-dealkylation sites (tertiary alicyclic amines) is 1. The van der Waals surface area contributed by atoms with Crippen LogP contribution in [0.2, 0.25) is 0 Å². The lowest BCUT2D eigenvalue weighted by Gasteiger charge is -2.33. The highest BCUT2D eigenvalue weighted by molar-refractivity contribution is 9.10. The summed E-state index contributed by atoms with van der Waals surface area (Å²) in [6.07, 6.45) is 4.34. The molecule has 2 aliphatic rings. The zero-order chi connectivity index (χ0) is 25.4. The number of hydrogen-bond acceptors (Lipinski definition) is 4. The standard InChI is InChI=1S/C22H24BrFN2O.C4H4O4/c23-19-3-6-21-18(13-19)15-26(22(21)27)14-17-8-11-25(12-9-17)10-7-16-1-4-20(24)5-2-16;5-3(6)1-2-4(7)8/h1-6,13,17H,7-12,14-15H2;1-2H,(H,5,6)(H,7,8)/b;2-1+. The van der Waals surface area contributed by atoms with Crippen LogP contribution in [0.15, 0.2) is 59.1 Å². The van der Waals surface area contributed by atoms with Crippen molar-refractivity contribution in [2.45, 2.75) is 25.8 Å². The maximum absolute atomic E-state index is 13.0. The number of carboxylic acid groups (broad SMARTS) is 2. The topological polar surface area (TPSA) is 98.1 Å². The number of amides is 1. The smallest absolute Gasteiger partial charge is 0.328 e. The number of carboxylic acids is 2. The molecular formula is C26H28BrFN2O5. The number of hydrogen-bond donors (Lipinski definition) is 2. The monoisotopic (exact) mass is 546 g/mol. The van der Waals surface area contributed by atoms with Crippen LogP contribution < -0.4 is 0 Å². The number of aliphatic carboxylic acids is 2. The summed E-state index contributed by atoms with van der Waals surface area (Å²) in [5.41, 5.74) is 3.17. The Kier molecular flexibility index (Phi) is 9.56. The highest BCUT2D eigenvalue weighted by Crippen LogP contribution is 2.28. The van der Waals surface area contributed by atoms with Crippen LogP contribution in [-0.4, -0.2) is 64.0 Å². The Morgan fingerprint density at radius 2 is 1.66 bits per heavy atom. The van der Waals surface area contributed by atoms with Gasteiger partial charge in [-0.2, -0.15) is 0 Å². The van der Waals surface area contributed by atoms with Crippen molar-refractivity contribution in [1.29, 1.82) is 0 Å². The molecule has 1 amide bonds. The van der Waals surface area contributed by atoms with E-state index in [0.717, 1.165) is 67.6 Å². The Balaban J connectivity index is 0.000000371. The maximum Gasteiger partial charge on any atom is 0.328 e. The summed E-state index contributed by atoms with van der Waals surface area (Å²) in [7, 11) is 0. The van der Waals surface area contributed by atoms with Crippen molar-refractivity contribution >= 4 is 33.8 Å². The van der Waals surface area contributed by atoms with Gasteiger partial charge in [0.05, 0.1) is 0 Å². The second kappa shape index (κ2) is 12.6. The van der Waals surface area contributed by atoms with Gasteiger partial charge >= 0.3 is 11.9 Å². The highest BCUT2D eigenvalue weighted by Gasteiger charge is 2.30. The SMILES string of the molecule is O=C(O)/C=C/C(=O)O.O=C1c2ccc(Br)cc2CN1CC1CCN(CCc2ccc(F)cc2)CC1. The Bertz CT molecular complexity index is 1070. The van der Waals surface area contributed by atoms with Crippen LogP contribution in [0.5, 0.6) is 0 Å². The lowest BCUT2D eigenvalue weighted by atomic mass is 9.96. The molecule has 0 atom stereocenters. The molecular weight excluding hydrogens is 519 g/mol. The van der Waals surface area contributed by atoms with Crippen LogP contribution in [0.1, 0.15) is 34.3 Å². The molecule has 7 nitrogen and oxygen atoms in total. The van der Waals surface area contributed by atoms with Crippen LogP contribution in [-0.2, 0) is 22.6 Å². The Morgan fingerprint density at radius 3 is 2.26 bits per heavy atom. The van der Waals surface area contributed by atoms with Crippen molar-refractivity contribution in [2.24, 2.45) is 5.92 Å². The number of fused-ring (bicyclic) bond motifs is 1. The Labute approximate surface area is 212 Å². The lowest BCUT2D eigenvalue weighted by molar-refractivity contribution is -0.134. The van der Waals surface area contributed by atoms with Gasteiger partial charge < -0.3 is 20.0 Å². The van der Waals surface area contributed by atoms with E-state index in [1.807, 2.05) is 29.2 Å². The molecule has 2 N–H and O–H groups in total. The van der Waals surface area contributed by atoms with Gasteiger partial charge in [-0.05, 0) is 79.7 Å². The summed E-state index contributed by atoms with van der Waals surface area (Å²) in [4.78, 5) is 36.2. The summed E-state index contributed by atoms with van der Waals surface area (Å²) in [5, 5.41) is 15.6. The number of piperidine rings is 1. The molecule has 9 heteroatoms. The number of carbonyl (C=O) groups is 3. The van der Waals surface area contributed by atoms with E-state index in [1.54, 1.807) is 0 Å². The molecule has 0 unspecified atom stereocenters. The van der Waals surface area contributed by atoms with Gasteiger partial charge in [-0.25, -0.2) is 14.0 Å². The van der Waals surface area contributed by atoms with E-state index in [9.17, 15) is 18.8 Å². The molecule has 35 heavy (non-hydrogen) atoms. The summed E-state index contributed by atoms with van der Waals surface area (Å²) >= 11 is 3.49. The van der Waals surface area contributed by atoms with E-state index < -0.39 is 11.9 Å². The molecule has 0 radical (unpaired) electrons. The molecule has 0 saturated carbocycles. The Morgan fingerprint density at radius 1 is 1.03 bits per heavy atom. The van der Waals surface area contributed by atoms with Gasteiger partial charge in [0.15, 0.2) is 0 Å². The molecule has 0 spiro atoms. The van der Waals surface area contributed by atoms with Crippen molar-refractivity contribution in [3.8, 4) is 0 Å². The highest BCUT2D eigenvalue weighted by atomic mass is 79.9. The average molecular weight is 547 g/mol. The fourth-order valence-electron chi connectivity index (χ4n) is 4.28. The summed E-state index contributed by atoms with van der Waals surface area (Å²) in [5.74, 6) is -1.93. The van der Waals surface area contributed by atoms with Gasteiger partial charge in [0, 0.05) is 41.8 Å². The van der Waals surface area contributed by atoms with E-state index in [0.29, 0.717) is 18.1 Å². The molecule has 2 aliphatic heterocycles. The minimum atomic E-state index is -1.26. The molecule has 0 aliphatic carbocycles. The van der Waals surface area contributed by atoms with Crippen molar-refractivity contribution < 1.29 is 29.0 Å². The van der Waals surface area contributed by atoms with Crippen molar-refractivity contribution in [3.05, 3.63) is 81.6 Å². The summed E-state index contributed by atoms with van der Waals surface area (Å²) in [6.45, 7) is 4.76. The molecule has 2 heterocycles. The van der Waals surface area contributed by atoms with Gasteiger partial charge in [0.2, 0.25) is 0 Å². The second-order valence-corrected chi connectivity index (χ2v) is 9.57. The van der Waals surface area contributed by atoms with E-state index in [4.69, 9.17) is 10.2 Å². The molecule has 1 saturated heterocycles. The number of nitrogens with zero attached hydrogens (tertiary/aromatic N) is 2. The van der Waals surface area contributed by atoms with Crippen LogP contribution >= 0.6 is 15.9 Å². The van der Waals surface area contributed by atoms with Crippen molar-refractivity contribution in [1.82, 2.24) is 9.80 Å². The summed E-state index contributed by atoms with van der Waals surface area (Å²) < 4.78 is 14.0. The largest absolute Gasteiger partial charge is 0.478 e. The van der Waals surface area contributed by atoms with Crippen molar-refractivity contribution in [2.75, 3.05) is 26.2 Å². The first-order chi connectivity index (χ1) is 16.7. The second-order valence-electron chi connectivity index (χ2n) is 8.66. The fourth-order valence-corrected chi connectivity index (χ4v) is 4.69. The van der Waals surface area contributed by atoms with E-state index in [2.05, 4.69) is 26.9 Å². The molecule has 186 valence electrons. The number of rotatable bonds is 7.